The maximum Gasteiger partial charge on any atom is 0.162 e. The van der Waals surface area contributed by atoms with Crippen molar-refractivity contribution in [1.29, 1.82) is 0 Å². The van der Waals surface area contributed by atoms with Crippen molar-refractivity contribution in [2.45, 2.75) is 38.1 Å². The van der Waals surface area contributed by atoms with Crippen LogP contribution < -0.4 is 5.32 Å². The second-order valence-electron chi connectivity index (χ2n) is 4.45. The molecule has 4 heteroatoms. The third kappa shape index (κ3) is 2.67. The highest BCUT2D eigenvalue weighted by Crippen LogP contribution is 2.17. The highest BCUT2D eigenvalue weighted by Gasteiger charge is 2.29. The van der Waals surface area contributed by atoms with E-state index in [2.05, 4.69) is 5.32 Å². The summed E-state index contributed by atoms with van der Waals surface area (Å²) in [5.41, 5.74) is 0. The van der Waals surface area contributed by atoms with Gasteiger partial charge < -0.3 is 19.5 Å². The highest BCUT2D eigenvalue weighted by atomic mass is 16.7. The Morgan fingerprint density at radius 1 is 1.07 bits per heavy atom. The van der Waals surface area contributed by atoms with Crippen molar-refractivity contribution in [3.63, 3.8) is 0 Å². The molecule has 4 nitrogen and oxygen atoms in total. The third-order valence-corrected chi connectivity index (χ3v) is 2.67. The summed E-state index contributed by atoms with van der Waals surface area (Å²) in [7, 11) is 0. The van der Waals surface area contributed by atoms with Crippen LogP contribution >= 0.6 is 0 Å². The van der Waals surface area contributed by atoms with Gasteiger partial charge in [0.1, 0.15) is 0 Å². The summed E-state index contributed by atoms with van der Waals surface area (Å²) < 4.78 is 16.4. The van der Waals surface area contributed by atoms with E-state index in [0.29, 0.717) is 12.1 Å². The van der Waals surface area contributed by atoms with Gasteiger partial charge in [0.15, 0.2) is 5.79 Å². The maximum absolute atomic E-state index is 5.56. The van der Waals surface area contributed by atoms with Crippen LogP contribution in [-0.2, 0) is 14.2 Å². The second-order valence-corrected chi connectivity index (χ2v) is 4.45. The first-order chi connectivity index (χ1) is 6.66. The molecule has 0 bridgehead atoms. The molecule has 14 heavy (non-hydrogen) atoms. The molecule has 1 atom stereocenters. The lowest BCUT2D eigenvalue weighted by atomic mass is 10.2. The maximum atomic E-state index is 5.56. The second kappa shape index (κ2) is 4.14. The van der Waals surface area contributed by atoms with Gasteiger partial charge in [-0.05, 0) is 20.3 Å². The van der Waals surface area contributed by atoms with Gasteiger partial charge in [-0.1, -0.05) is 0 Å². The summed E-state index contributed by atoms with van der Waals surface area (Å²) in [6.45, 7) is 7.04. The van der Waals surface area contributed by atoms with Crippen LogP contribution in [-0.4, -0.2) is 44.3 Å². The van der Waals surface area contributed by atoms with Gasteiger partial charge in [0.05, 0.1) is 25.9 Å². The van der Waals surface area contributed by atoms with Crippen molar-refractivity contribution in [3.8, 4) is 0 Å². The summed E-state index contributed by atoms with van der Waals surface area (Å²) in [6.07, 6.45) is 1.10. The molecule has 0 radical (unpaired) electrons. The minimum atomic E-state index is -0.412. The molecule has 0 aromatic carbocycles. The smallest absolute Gasteiger partial charge is 0.162 e. The van der Waals surface area contributed by atoms with Crippen LogP contribution in [0, 0.1) is 0 Å². The number of hydrogen-bond donors (Lipinski definition) is 1. The Kier molecular flexibility index (Phi) is 3.07. The van der Waals surface area contributed by atoms with Gasteiger partial charge in [0, 0.05) is 12.6 Å². The first-order valence-electron chi connectivity index (χ1n) is 5.27. The van der Waals surface area contributed by atoms with Gasteiger partial charge in [-0.2, -0.15) is 0 Å². The quantitative estimate of drug-likeness (QED) is 0.707. The van der Waals surface area contributed by atoms with Gasteiger partial charge >= 0.3 is 0 Å². The fourth-order valence-corrected chi connectivity index (χ4v) is 1.79. The van der Waals surface area contributed by atoms with Crippen LogP contribution in [0.2, 0.25) is 0 Å². The topological polar surface area (TPSA) is 39.7 Å². The average Bonchev–Trinajstić information content (AvgIpc) is 2.61. The van der Waals surface area contributed by atoms with Gasteiger partial charge in [0.25, 0.3) is 0 Å². The third-order valence-electron chi connectivity index (χ3n) is 2.67. The molecular weight excluding hydrogens is 182 g/mol. The van der Waals surface area contributed by atoms with Gasteiger partial charge in [-0.3, -0.25) is 0 Å². The molecule has 2 heterocycles. The summed E-state index contributed by atoms with van der Waals surface area (Å²) in [5.74, 6) is -0.412. The van der Waals surface area contributed by atoms with E-state index >= 15 is 0 Å². The van der Waals surface area contributed by atoms with Gasteiger partial charge in [-0.25, -0.2) is 0 Å². The number of nitrogens with one attached hydrogen (secondary N) is 1. The van der Waals surface area contributed by atoms with Crippen molar-refractivity contribution in [3.05, 3.63) is 0 Å². The van der Waals surface area contributed by atoms with Crippen LogP contribution in [0.1, 0.15) is 20.3 Å². The van der Waals surface area contributed by atoms with E-state index in [-0.39, 0.29) is 0 Å². The lowest BCUT2D eigenvalue weighted by Gasteiger charge is -2.36. The molecule has 2 aliphatic rings. The van der Waals surface area contributed by atoms with Crippen LogP contribution in [0.25, 0.3) is 0 Å². The van der Waals surface area contributed by atoms with Crippen molar-refractivity contribution in [2.75, 3.05) is 26.4 Å². The Morgan fingerprint density at radius 3 is 2.36 bits per heavy atom. The number of rotatable bonds is 2. The van der Waals surface area contributed by atoms with Crippen molar-refractivity contribution in [2.24, 2.45) is 0 Å². The summed E-state index contributed by atoms with van der Waals surface area (Å²) in [6, 6.07) is 0.795. The van der Waals surface area contributed by atoms with E-state index in [1.165, 1.54) is 0 Å². The summed E-state index contributed by atoms with van der Waals surface area (Å²) in [4.78, 5) is 0. The van der Waals surface area contributed by atoms with Crippen molar-refractivity contribution >= 4 is 0 Å². The minimum Gasteiger partial charge on any atom is -0.380 e. The van der Waals surface area contributed by atoms with E-state index in [0.717, 1.165) is 32.8 Å². The number of ether oxygens (including phenoxy) is 3. The Bertz CT molecular complexity index is 180. The zero-order chi connectivity index (χ0) is 10.0. The minimum absolute atomic E-state index is 0.315. The first-order valence-corrected chi connectivity index (χ1v) is 5.27. The molecule has 2 saturated heterocycles. The lowest BCUT2D eigenvalue weighted by molar-refractivity contribution is -0.253. The molecule has 0 aromatic rings. The van der Waals surface area contributed by atoms with E-state index in [1.807, 2.05) is 13.8 Å². The van der Waals surface area contributed by atoms with Gasteiger partial charge in [-0.15, -0.1) is 0 Å². The molecule has 2 aliphatic heterocycles. The predicted molar refractivity (Wildman–Crippen MR) is 52.1 cm³/mol. The first kappa shape index (κ1) is 10.4. The molecule has 2 fully saturated rings. The lowest BCUT2D eigenvalue weighted by Crippen LogP contribution is -2.51. The van der Waals surface area contributed by atoms with Crippen LogP contribution in [0.5, 0.6) is 0 Å². The molecule has 0 saturated carbocycles. The molecule has 1 N–H and O–H groups in total. The van der Waals surface area contributed by atoms with Crippen LogP contribution in [0.4, 0.5) is 0 Å². The summed E-state index contributed by atoms with van der Waals surface area (Å²) >= 11 is 0. The molecule has 0 spiro atoms. The Labute approximate surface area is 84.9 Å². The molecule has 82 valence electrons. The van der Waals surface area contributed by atoms with Crippen molar-refractivity contribution in [1.82, 2.24) is 5.32 Å². The molecule has 2 rings (SSSR count). The molecular formula is C10H19NO3. The average molecular weight is 201 g/mol. The molecule has 0 amide bonds. The van der Waals surface area contributed by atoms with Crippen LogP contribution in [0.15, 0.2) is 0 Å². The zero-order valence-electron chi connectivity index (χ0n) is 8.91. The Balaban J connectivity index is 1.72. The van der Waals surface area contributed by atoms with E-state index in [9.17, 15) is 0 Å². The predicted octanol–water partition coefficient (Wildman–Crippen LogP) is 0.516. The molecule has 0 aliphatic carbocycles. The highest BCUT2D eigenvalue weighted by molar-refractivity contribution is 4.80. The Hall–Kier alpha value is -0.160. The standard InChI is InChI=1S/C10H19NO3/c1-10(2)13-6-9(7-14-10)11-8-3-4-12-5-8/h8-9,11H,3-7H2,1-2H3. The van der Waals surface area contributed by atoms with E-state index in [1.54, 1.807) is 0 Å². The summed E-state index contributed by atoms with van der Waals surface area (Å²) in [5, 5.41) is 3.48. The van der Waals surface area contributed by atoms with Gasteiger partial charge in [0.2, 0.25) is 0 Å². The van der Waals surface area contributed by atoms with E-state index in [4.69, 9.17) is 14.2 Å². The van der Waals surface area contributed by atoms with E-state index < -0.39 is 5.79 Å². The Morgan fingerprint density at radius 2 is 1.79 bits per heavy atom. The zero-order valence-corrected chi connectivity index (χ0v) is 8.91. The van der Waals surface area contributed by atoms with Crippen LogP contribution in [0.3, 0.4) is 0 Å². The van der Waals surface area contributed by atoms with Crippen molar-refractivity contribution < 1.29 is 14.2 Å². The normalized spacial score (nSPS) is 33.4. The monoisotopic (exact) mass is 201 g/mol. The molecule has 1 unspecified atom stereocenters. The molecule has 0 aromatic heterocycles. The SMILES string of the molecule is CC1(C)OCC(NC2CCOC2)CO1. The fourth-order valence-electron chi connectivity index (χ4n) is 1.79. The number of hydrogen-bond acceptors (Lipinski definition) is 4. The largest absolute Gasteiger partial charge is 0.380 e. The fraction of sp³-hybridized carbons (Fsp3) is 1.00.